The van der Waals surface area contributed by atoms with Crippen molar-refractivity contribution in [1.29, 1.82) is 0 Å². The van der Waals surface area contributed by atoms with Crippen LogP contribution in [-0.4, -0.2) is 41.2 Å². The highest BCUT2D eigenvalue weighted by atomic mass is 16.6. The molecule has 1 aliphatic rings. The number of anilines is 2. The molecule has 1 saturated heterocycles. The number of hydrogen-bond acceptors (Lipinski definition) is 7. The summed E-state index contributed by atoms with van der Waals surface area (Å²) in [5.41, 5.74) is -0.119. The molecule has 1 unspecified atom stereocenters. The molecule has 1 aromatic rings. The molecule has 8 nitrogen and oxygen atoms in total. The molecule has 0 saturated carbocycles. The van der Waals surface area contributed by atoms with E-state index in [1.807, 2.05) is 0 Å². The topological polar surface area (TPSA) is 102 Å². The Balaban J connectivity index is 1.98. The maximum absolute atomic E-state index is 10.9. The molecule has 1 aliphatic heterocycles. The maximum Gasteiger partial charge on any atom is 0.329 e. The van der Waals surface area contributed by atoms with Crippen molar-refractivity contribution in [3.63, 3.8) is 0 Å². The van der Waals surface area contributed by atoms with Gasteiger partial charge in [0.25, 0.3) is 0 Å². The zero-order chi connectivity index (χ0) is 13.7. The van der Waals surface area contributed by atoms with E-state index in [9.17, 15) is 10.1 Å². The van der Waals surface area contributed by atoms with Gasteiger partial charge < -0.3 is 15.4 Å². The molecular weight excluding hydrogens is 250 g/mol. The second-order valence-electron chi connectivity index (χ2n) is 4.29. The van der Waals surface area contributed by atoms with Gasteiger partial charge in [-0.25, -0.2) is 4.98 Å². The average Bonchev–Trinajstić information content (AvgIpc) is 2.91. The highest BCUT2D eigenvalue weighted by molar-refractivity contribution is 5.56. The number of aromatic nitrogens is 2. The molecule has 104 valence electrons. The predicted octanol–water partition coefficient (Wildman–Crippen LogP) is 1.41. The zero-order valence-corrected chi connectivity index (χ0v) is 10.8. The Labute approximate surface area is 110 Å². The van der Waals surface area contributed by atoms with Gasteiger partial charge in [-0.15, -0.1) is 0 Å². The van der Waals surface area contributed by atoms with Crippen LogP contribution in [-0.2, 0) is 4.74 Å². The van der Waals surface area contributed by atoms with Crippen molar-refractivity contribution >= 4 is 17.5 Å². The van der Waals surface area contributed by atoms with Crippen LogP contribution in [0.1, 0.15) is 19.3 Å². The molecule has 2 N–H and O–H groups in total. The second-order valence-corrected chi connectivity index (χ2v) is 4.29. The molecule has 0 aromatic carbocycles. The lowest BCUT2D eigenvalue weighted by molar-refractivity contribution is -0.384. The van der Waals surface area contributed by atoms with E-state index in [-0.39, 0.29) is 17.6 Å². The van der Waals surface area contributed by atoms with Gasteiger partial charge in [-0.05, 0) is 19.3 Å². The van der Waals surface area contributed by atoms with Crippen molar-refractivity contribution in [1.82, 2.24) is 9.97 Å². The molecular formula is C11H17N5O3. The Morgan fingerprint density at radius 1 is 1.63 bits per heavy atom. The third kappa shape index (κ3) is 3.50. The van der Waals surface area contributed by atoms with Crippen molar-refractivity contribution < 1.29 is 9.66 Å². The van der Waals surface area contributed by atoms with Crippen LogP contribution in [0.5, 0.6) is 0 Å². The van der Waals surface area contributed by atoms with Crippen LogP contribution >= 0.6 is 0 Å². The second kappa shape index (κ2) is 6.28. The number of rotatable bonds is 6. The average molecular weight is 267 g/mol. The summed E-state index contributed by atoms with van der Waals surface area (Å²) in [6, 6.07) is 0. The van der Waals surface area contributed by atoms with E-state index in [1.54, 1.807) is 7.05 Å². The quantitative estimate of drug-likeness (QED) is 0.593. The fraction of sp³-hybridized carbons (Fsp3) is 0.636. The fourth-order valence-corrected chi connectivity index (χ4v) is 1.98. The van der Waals surface area contributed by atoms with E-state index in [2.05, 4.69) is 20.6 Å². The van der Waals surface area contributed by atoms with Crippen LogP contribution in [0.15, 0.2) is 6.20 Å². The van der Waals surface area contributed by atoms with E-state index in [4.69, 9.17) is 4.74 Å². The Morgan fingerprint density at radius 2 is 2.47 bits per heavy atom. The molecule has 1 fully saturated rings. The van der Waals surface area contributed by atoms with Crippen molar-refractivity contribution in [3.05, 3.63) is 16.3 Å². The monoisotopic (exact) mass is 267 g/mol. The van der Waals surface area contributed by atoms with Gasteiger partial charge >= 0.3 is 5.69 Å². The SMILES string of the molecule is CNc1ncc([N+](=O)[O-])c(NCCC2CCCO2)n1. The minimum Gasteiger partial charge on any atom is -0.378 e. The summed E-state index contributed by atoms with van der Waals surface area (Å²) >= 11 is 0. The summed E-state index contributed by atoms with van der Waals surface area (Å²) in [5, 5.41) is 16.6. The molecule has 2 rings (SSSR count). The summed E-state index contributed by atoms with van der Waals surface area (Å²) < 4.78 is 5.49. The number of hydrogen-bond donors (Lipinski definition) is 2. The summed E-state index contributed by atoms with van der Waals surface area (Å²) in [7, 11) is 1.66. The molecule has 1 aromatic heterocycles. The van der Waals surface area contributed by atoms with Crippen LogP contribution in [0.4, 0.5) is 17.5 Å². The number of ether oxygens (including phenoxy) is 1. The number of nitro groups is 1. The normalized spacial score (nSPS) is 18.3. The maximum atomic E-state index is 10.9. The van der Waals surface area contributed by atoms with Crippen molar-refractivity contribution in [2.24, 2.45) is 0 Å². The molecule has 0 bridgehead atoms. The molecule has 0 amide bonds. The predicted molar refractivity (Wildman–Crippen MR) is 70.3 cm³/mol. The van der Waals surface area contributed by atoms with Crippen LogP contribution in [0.25, 0.3) is 0 Å². The van der Waals surface area contributed by atoms with Crippen LogP contribution in [0, 0.1) is 10.1 Å². The van der Waals surface area contributed by atoms with E-state index < -0.39 is 4.92 Å². The summed E-state index contributed by atoms with van der Waals surface area (Å²) in [6.07, 6.45) is 4.40. The van der Waals surface area contributed by atoms with Crippen LogP contribution in [0.2, 0.25) is 0 Å². The third-order valence-electron chi connectivity index (χ3n) is 2.97. The first-order chi connectivity index (χ1) is 9.20. The molecule has 2 heterocycles. The highest BCUT2D eigenvalue weighted by Crippen LogP contribution is 2.22. The lowest BCUT2D eigenvalue weighted by Gasteiger charge is -2.11. The molecule has 8 heteroatoms. The van der Waals surface area contributed by atoms with Crippen LogP contribution in [0.3, 0.4) is 0 Å². The minimum absolute atomic E-state index is 0.119. The minimum atomic E-state index is -0.492. The van der Waals surface area contributed by atoms with E-state index >= 15 is 0 Å². The molecule has 19 heavy (non-hydrogen) atoms. The Hall–Kier alpha value is -1.96. The Kier molecular flexibility index (Phi) is 4.45. The molecule has 0 aliphatic carbocycles. The first kappa shape index (κ1) is 13.5. The summed E-state index contributed by atoms with van der Waals surface area (Å²) in [6.45, 7) is 1.40. The van der Waals surface area contributed by atoms with Gasteiger partial charge in [0.15, 0.2) is 0 Å². The van der Waals surface area contributed by atoms with Crippen LogP contribution < -0.4 is 10.6 Å². The first-order valence-corrected chi connectivity index (χ1v) is 6.25. The largest absolute Gasteiger partial charge is 0.378 e. The van der Waals surface area contributed by atoms with Gasteiger partial charge in [0.05, 0.1) is 11.0 Å². The van der Waals surface area contributed by atoms with E-state index in [0.29, 0.717) is 12.5 Å². The van der Waals surface area contributed by atoms with Gasteiger partial charge in [0.1, 0.15) is 6.20 Å². The summed E-state index contributed by atoms with van der Waals surface area (Å²) in [4.78, 5) is 18.3. The smallest absolute Gasteiger partial charge is 0.329 e. The van der Waals surface area contributed by atoms with E-state index in [1.165, 1.54) is 6.20 Å². The van der Waals surface area contributed by atoms with Gasteiger partial charge in [-0.3, -0.25) is 10.1 Å². The lowest BCUT2D eigenvalue weighted by atomic mass is 10.2. The van der Waals surface area contributed by atoms with Crippen molar-refractivity contribution in [2.45, 2.75) is 25.4 Å². The van der Waals surface area contributed by atoms with E-state index in [0.717, 1.165) is 25.9 Å². The Bertz CT molecular complexity index is 448. The van der Waals surface area contributed by atoms with Gasteiger partial charge in [-0.2, -0.15) is 4.98 Å². The summed E-state index contributed by atoms with van der Waals surface area (Å²) in [5.74, 6) is 0.590. The lowest BCUT2D eigenvalue weighted by Crippen LogP contribution is -2.14. The third-order valence-corrected chi connectivity index (χ3v) is 2.97. The molecule has 0 radical (unpaired) electrons. The van der Waals surface area contributed by atoms with Crippen molar-refractivity contribution in [3.8, 4) is 0 Å². The van der Waals surface area contributed by atoms with Crippen molar-refractivity contribution in [2.75, 3.05) is 30.8 Å². The molecule has 0 spiro atoms. The van der Waals surface area contributed by atoms with Gasteiger partial charge in [0, 0.05) is 20.2 Å². The first-order valence-electron chi connectivity index (χ1n) is 6.25. The Morgan fingerprint density at radius 3 is 3.11 bits per heavy atom. The zero-order valence-electron chi connectivity index (χ0n) is 10.8. The fourth-order valence-electron chi connectivity index (χ4n) is 1.98. The van der Waals surface area contributed by atoms with Gasteiger partial charge in [0.2, 0.25) is 11.8 Å². The highest BCUT2D eigenvalue weighted by Gasteiger charge is 2.18. The van der Waals surface area contributed by atoms with Gasteiger partial charge in [-0.1, -0.05) is 0 Å². The molecule has 1 atom stereocenters. The standard InChI is InChI=1S/C11H17N5O3/c1-12-11-14-7-9(16(17)18)10(15-11)13-5-4-8-3-2-6-19-8/h7-8H,2-6H2,1H3,(H2,12,13,14,15). The number of nitrogens with zero attached hydrogens (tertiary/aromatic N) is 3. The number of nitrogens with one attached hydrogen (secondary N) is 2.